The molecule has 2 aromatic rings. The third kappa shape index (κ3) is 3.87. The number of amides is 1. The fraction of sp³-hybridized carbons (Fsp3) is 0.188. The van der Waals surface area contributed by atoms with Gasteiger partial charge in [0.05, 0.1) is 22.0 Å². The molecule has 1 fully saturated rings. The molecule has 3 rings (SSSR count). The summed E-state index contributed by atoms with van der Waals surface area (Å²) < 4.78 is 25.4. The maximum atomic E-state index is 12.5. The first-order valence-corrected chi connectivity index (χ1v) is 10.1. The van der Waals surface area contributed by atoms with E-state index in [4.69, 9.17) is 34.8 Å². The summed E-state index contributed by atoms with van der Waals surface area (Å²) in [6.07, 6.45) is 0.524. The average molecular weight is 420 g/mol. The molecule has 0 spiro atoms. The molecule has 0 aliphatic carbocycles. The zero-order valence-corrected chi connectivity index (χ0v) is 15.9. The van der Waals surface area contributed by atoms with Crippen LogP contribution in [0.5, 0.6) is 0 Å². The Balaban J connectivity index is 1.92. The number of carbonyl (C=O) groups excluding carboxylic acids is 1. The second-order valence-electron chi connectivity index (χ2n) is 5.49. The summed E-state index contributed by atoms with van der Waals surface area (Å²) in [5.74, 6) is -0.414. The minimum Gasteiger partial charge on any atom is -0.322 e. The van der Waals surface area contributed by atoms with Crippen molar-refractivity contribution in [1.29, 1.82) is 0 Å². The van der Waals surface area contributed by atoms with Gasteiger partial charge in [0.25, 0.3) is 5.91 Å². The van der Waals surface area contributed by atoms with Crippen LogP contribution in [0.3, 0.4) is 0 Å². The molecule has 1 saturated heterocycles. The van der Waals surface area contributed by atoms with Crippen molar-refractivity contribution >= 4 is 62.1 Å². The number of rotatable bonds is 3. The highest BCUT2D eigenvalue weighted by Gasteiger charge is 2.31. The fourth-order valence-corrected chi connectivity index (χ4v) is 5.09. The van der Waals surface area contributed by atoms with Crippen molar-refractivity contribution in [2.75, 3.05) is 21.9 Å². The molecule has 1 aliphatic rings. The molecule has 0 bridgehead atoms. The number of nitrogens with zero attached hydrogens (tertiary/aromatic N) is 1. The zero-order chi connectivity index (χ0) is 18.2. The van der Waals surface area contributed by atoms with Crippen molar-refractivity contribution in [1.82, 2.24) is 0 Å². The lowest BCUT2D eigenvalue weighted by Gasteiger charge is -2.19. The minimum atomic E-state index is -3.39. The van der Waals surface area contributed by atoms with Crippen LogP contribution in [0.1, 0.15) is 16.8 Å². The first kappa shape index (κ1) is 18.3. The largest absolute Gasteiger partial charge is 0.322 e. The summed E-state index contributed by atoms with van der Waals surface area (Å²) in [5, 5.41) is 3.50. The first-order chi connectivity index (χ1) is 11.8. The summed E-state index contributed by atoms with van der Waals surface area (Å²) in [5.41, 5.74) is 0.881. The number of anilines is 2. The topological polar surface area (TPSA) is 66.5 Å². The zero-order valence-electron chi connectivity index (χ0n) is 12.8. The van der Waals surface area contributed by atoms with E-state index in [1.807, 2.05) is 0 Å². The summed E-state index contributed by atoms with van der Waals surface area (Å²) in [6, 6.07) is 9.34. The van der Waals surface area contributed by atoms with Crippen LogP contribution in [0.25, 0.3) is 0 Å². The summed E-state index contributed by atoms with van der Waals surface area (Å²) in [4.78, 5) is 12.5. The van der Waals surface area contributed by atoms with E-state index < -0.39 is 15.9 Å². The number of carbonyl (C=O) groups is 1. The average Bonchev–Trinajstić information content (AvgIpc) is 2.85. The third-order valence-corrected chi connectivity index (χ3v) is 6.40. The van der Waals surface area contributed by atoms with E-state index >= 15 is 0 Å². The molecule has 0 unspecified atom stereocenters. The molecule has 0 saturated carbocycles. The quantitative estimate of drug-likeness (QED) is 0.800. The van der Waals surface area contributed by atoms with Crippen LogP contribution >= 0.6 is 34.8 Å². The number of benzene rings is 2. The summed E-state index contributed by atoms with van der Waals surface area (Å²) in [7, 11) is -3.39. The molecule has 9 heteroatoms. The van der Waals surface area contributed by atoms with Crippen molar-refractivity contribution in [3.8, 4) is 0 Å². The molecule has 0 aromatic heterocycles. The molecule has 25 heavy (non-hydrogen) atoms. The number of sulfonamides is 1. The Kier molecular flexibility index (Phi) is 5.16. The Hall–Kier alpha value is -1.47. The van der Waals surface area contributed by atoms with Gasteiger partial charge in [-0.25, -0.2) is 8.42 Å². The maximum Gasteiger partial charge on any atom is 0.257 e. The Labute approximate surface area is 160 Å². The van der Waals surface area contributed by atoms with Crippen molar-refractivity contribution in [2.24, 2.45) is 0 Å². The highest BCUT2D eigenvalue weighted by molar-refractivity contribution is 7.93. The lowest BCUT2D eigenvalue weighted by molar-refractivity contribution is 0.102. The maximum absolute atomic E-state index is 12.5. The van der Waals surface area contributed by atoms with Crippen molar-refractivity contribution in [3.63, 3.8) is 0 Å². The Morgan fingerprint density at radius 2 is 1.76 bits per heavy atom. The molecule has 0 atom stereocenters. The van der Waals surface area contributed by atoms with Crippen molar-refractivity contribution in [3.05, 3.63) is 57.0 Å². The van der Waals surface area contributed by atoms with Crippen LogP contribution in [0.15, 0.2) is 36.4 Å². The molecule has 1 heterocycles. The van der Waals surface area contributed by atoms with Gasteiger partial charge in [-0.2, -0.15) is 0 Å². The van der Waals surface area contributed by atoms with Gasteiger partial charge < -0.3 is 5.32 Å². The van der Waals surface area contributed by atoms with Crippen LogP contribution in [-0.4, -0.2) is 26.6 Å². The highest BCUT2D eigenvalue weighted by Crippen LogP contribution is 2.34. The van der Waals surface area contributed by atoms with Gasteiger partial charge in [0.1, 0.15) is 0 Å². The van der Waals surface area contributed by atoms with E-state index in [2.05, 4.69) is 5.32 Å². The van der Waals surface area contributed by atoms with E-state index in [-0.39, 0.29) is 16.3 Å². The summed E-state index contributed by atoms with van der Waals surface area (Å²) in [6.45, 7) is 0.344. The molecule has 0 radical (unpaired) electrons. The predicted octanol–water partition coefficient (Wildman–Crippen LogP) is 4.44. The number of hydrogen-bond acceptors (Lipinski definition) is 3. The van der Waals surface area contributed by atoms with E-state index in [1.54, 1.807) is 30.3 Å². The van der Waals surface area contributed by atoms with Crippen molar-refractivity contribution < 1.29 is 13.2 Å². The van der Waals surface area contributed by atoms with Crippen LogP contribution in [0.4, 0.5) is 11.4 Å². The Morgan fingerprint density at radius 1 is 1.08 bits per heavy atom. The predicted molar refractivity (Wildman–Crippen MR) is 102 cm³/mol. The van der Waals surface area contributed by atoms with E-state index in [0.717, 1.165) is 0 Å². The second-order valence-corrected chi connectivity index (χ2v) is 8.76. The monoisotopic (exact) mass is 418 g/mol. The molecule has 5 nitrogen and oxygen atoms in total. The van der Waals surface area contributed by atoms with E-state index in [0.29, 0.717) is 34.4 Å². The minimum absolute atomic E-state index is 0.0702. The highest BCUT2D eigenvalue weighted by atomic mass is 35.5. The Bertz CT molecular complexity index is 927. The van der Waals surface area contributed by atoms with Gasteiger partial charge in [-0.05, 0) is 36.8 Å². The van der Waals surface area contributed by atoms with Crippen LogP contribution in [-0.2, 0) is 10.0 Å². The molecule has 1 amide bonds. The molecule has 1 N–H and O–H groups in total. The van der Waals surface area contributed by atoms with Gasteiger partial charge in [-0.1, -0.05) is 40.9 Å². The normalized spacial score (nSPS) is 16.0. The number of nitrogens with one attached hydrogen (secondary N) is 1. The van der Waals surface area contributed by atoms with Crippen molar-refractivity contribution in [2.45, 2.75) is 6.42 Å². The lowest BCUT2D eigenvalue weighted by atomic mass is 10.1. The first-order valence-electron chi connectivity index (χ1n) is 7.34. The van der Waals surface area contributed by atoms with Gasteiger partial charge in [0, 0.05) is 22.3 Å². The van der Waals surface area contributed by atoms with Gasteiger partial charge in [-0.15, -0.1) is 0 Å². The van der Waals surface area contributed by atoms with Gasteiger partial charge in [-0.3, -0.25) is 9.10 Å². The van der Waals surface area contributed by atoms with Crippen LogP contribution < -0.4 is 9.62 Å². The van der Waals surface area contributed by atoms with Gasteiger partial charge in [0.2, 0.25) is 10.0 Å². The smallest absolute Gasteiger partial charge is 0.257 e. The van der Waals surface area contributed by atoms with Crippen LogP contribution in [0, 0.1) is 0 Å². The number of halogens is 3. The molecule has 2 aromatic carbocycles. The summed E-state index contributed by atoms with van der Waals surface area (Å²) >= 11 is 18.2. The van der Waals surface area contributed by atoms with E-state index in [9.17, 15) is 13.2 Å². The SMILES string of the molecule is O=C(Nc1cc(Cl)cc(Cl)c1)c1cccc(N2CCCS2(=O)=O)c1Cl. The van der Waals surface area contributed by atoms with Crippen LogP contribution in [0.2, 0.25) is 15.1 Å². The number of hydrogen-bond donors (Lipinski definition) is 1. The third-order valence-electron chi connectivity index (χ3n) is 3.71. The standard InChI is InChI=1S/C16H13Cl3N2O3S/c17-10-7-11(18)9-12(8-10)20-16(22)13-3-1-4-14(15(13)19)21-5-2-6-25(21,23)24/h1,3-4,7-9H,2,5-6H2,(H,20,22). The lowest BCUT2D eigenvalue weighted by Crippen LogP contribution is -2.26. The van der Waals surface area contributed by atoms with Gasteiger partial charge >= 0.3 is 0 Å². The molecular weight excluding hydrogens is 407 g/mol. The van der Waals surface area contributed by atoms with Gasteiger partial charge in [0.15, 0.2) is 0 Å². The fourth-order valence-electron chi connectivity index (χ4n) is 2.62. The molecule has 132 valence electrons. The molecule has 1 aliphatic heterocycles. The second kappa shape index (κ2) is 7.03. The Morgan fingerprint density at radius 3 is 2.36 bits per heavy atom. The molecular formula is C16H13Cl3N2O3S. The van der Waals surface area contributed by atoms with E-state index in [1.165, 1.54) is 10.4 Å².